The molecule has 4 rings (SSSR count). The Bertz CT molecular complexity index is 925. The van der Waals surface area contributed by atoms with Crippen molar-refractivity contribution in [3.63, 3.8) is 0 Å². The maximum atomic E-state index is 13.4. The topological polar surface area (TPSA) is 49.9 Å². The summed E-state index contributed by atoms with van der Waals surface area (Å²) in [5, 5.41) is 0. The number of aryl methyl sites for hydroxylation is 2. The number of carbonyl (C=O) groups excluding carboxylic acids is 2. The minimum Gasteiger partial charge on any atom is -0.378 e. The molecule has 0 aromatic heterocycles. The summed E-state index contributed by atoms with van der Waals surface area (Å²) in [6.45, 7) is 6.22. The van der Waals surface area contributed by atoms with Gasteiger partial charge in [-0.1, -0.05) is 48.0 Å². The average molecular weight is 362 g/mol. The molecule has 2 aromatic carbocycles. The van der Waals surface area contributed by atoms with E-state index in [9.17, 15) is 9.59 Å². The van der Waals surface area contributed by atoms with Crippen LogP contribution in [0.1, 0.15) is 16.7 Å². The fourth-order valence-corrected chi connectivity index (χ4v) is 3.61. The first-order chi connectivity index (χ1) is 13.1. The molecule has 138 valence electrons. The molecule has 2 aliphatic heterocycles. The average Bonchev–Trinajstić information content (AvgIpc) is 2.94. The summed E-state index contributed by atoms with van der Waals surface area (Å²) in [6, 6.07) is 15.2. The third-order valence-corrected chi connectivity index (χ3v) is 5.08. The third kappa shape index (κ3) is 3.04. The summed E-state index contributed by atoms with van der Waals surface area (Å²) in [6.07, 6.45) is 0. The van der Waals surface area contributed by atoms with E-state index >= 15 is 0 Å². The minimum atomic E-state index is -0.264. The van der Waals surface area contributed by atoms with Crippen LogP contribution >= 0.6 is 0 Å². The monoisotopic (exact) mass is 362 g/mol. The smallest absolute Gasteiger partial charge is 0.282 e. The molecule has 0 spiro atoms. The highest BCUT2D eigenvalue weighted by Crippen LogP contribution is 2.36. The van der Waals surface area contributed by atoms with Crippen LogP contribution in [-0.4, -0.2) is 43.0 Å². The largest absolute Gasteiger partial charge is 0.378 e. The van der Waals surface area contributed by atoms with Gasteiger partial charge in [-0.05, 0) is 31.0 Å². The molecule has 1 fully saturated rings. The maximum Gasteiger partial charge on any atom is 0.282 e. The highest BCUT2D eigenvalue weighted by atomic mass is 16.5. The zero-order valence-electron chi connectivity index (χ0n) is 15.6. The van der Waals surface area contributed by atoms with Crippen LogP contribution in [-0.2, 0) is 14.3 Å². The molecule has 5 nitrogen and oxygen atoms in total. The van der Waals surface area contributed by atoms with Crippen LogP contribution in [0.4, 0.5) is 5.69 Å². The Labute approximate surface area is 158 Å². The molecule has 0 bridgehead atoms. The van der Waals surface area contributed by atoms with Crippen molar-refractivity contribution >= 4 is 23.1 Å². The van der Waals surface area contributed by atoms with E-state index in [-0.39, 0.29) is 11.8 Å². The number of benzene rings is 2. The Morgan fingerprint density at radius 3 is 2.19 bits per heavy atom. The lowest BCUT2D eigenvalue weighted by Crippen LogP contribution is -2.40. The van der Waals surface area contributed by atoms with Gasteiger partial charge in [0.2, 0.25) is 0 Å². The van der Waals surface area contributed by atoms with Gasteiger partial charge in [-0.15, -0.1) is 0 Å². The summed E-state index contributed by atoms with van der Waals surface area (Å²) in [4.78, 5) is 30.1. The number of morpholine rings is 1. The molecule has 27 heavy (non-hydrogen) atoms. The number of ether oxygens (including phenoxy) is 1. The van der Waals surface area contributed by atoms with Gasteiger partial charge in [0.05, 0.1) is 24.5 Å². The number of hydrogen-bond acceptors (Lipinski definition) is 4. The summed E-state index contributed by atoms with van der Waals surface area (Å²) < 4.78 is 5.43. The van der Waals surface area contributed by atoms with Gasteiger partial charge in [-0.2, -0.15) is 0 Å². The first-order valence-corrected chi connectivity index (χ1v) is 9.16. The molecule has 5 heteroatoms. The molecule has 0 saturated carbocycles. The fraction of sp³-hybridized carbons (Fsp3) is 0.273. The Kier molecular flexibility index (Phi) is 4.54. The molecule has 2 amide bonds. The number of imide groups is 1. The van der Waals surface area contributed by atoms with Crippen molar-refractivity contribution in [2.75, 3.05) is 31.2 Å². The predicted molar refractivity (Wildman–Crippen MR) is 104 cm³/mol. The molecular weight excluding hydrogens is 340 g/mol. The van der Waals surface area contributed by atoms with Gasteiger partial charge in [0.25, 0.3) is 11.8 Å². The Morgan fingerprint density at radius 2 is 1.52 bits per heavy atom. The van der Waals surface area contributed by atoms with Crippen molar-refractivity contribution in [1.82, 2.24) is 4.90 Å². The summed E-state index contributed by atoms with van der Waals surface area (Å²) >= 11 is 0. The van der Waals surface area contributed by atoms with Crippen LogP contribution in [0.2, 0.25) is 0 Å². The Hall–Kier alpha value is -2.92. The second kappa shape index (κ2) is 7.00. The van der Waals surface area contributed by atoms with Crippen LogP contribution in [0.3, 0.4) is 0 Å². The minimum absolute atomic E-state index is 0.258. The SMILES string of the molecule is Cc1ccc(C2=C(N3CCOCC3)C(=O)N(c3ccccc3C)C2=O)cc1. The van der Waals surface area contributed by atoms with Crippen LogP contribution < -0.4 is 4.90 Å². The van der Waals surface area contributed by atoms with Gasteiger partial charge in [0.15, 0.2) is 0 Å². The quantitative estimate of drug-likeness (QED) is 0.788. The van der Waals surface area contributed by atoms with Crippen molar-refractivity contribution in [3.8, 4) is 0 Å². The Balaban J connectivity index is 1.84. The Morgan fingerprint density at radius 1 is 0.852 bits per heavy atom. The van der Waals surface area contributed by atoms with Gasteiger partial charge in [-0.25, -0.2) is 4.90 Å². The highest BCUT2D eigenvalue weighted by molar-refractivity contribution is 6.45. The van der Waals surface area contributed by atoms with E-state index in [4.69, 9.17) is 4.74 Å². The number of para-hydroxylation sites is 1. The molecule has 2 aromatic rings. The lowest BCUT2D eigenvalue weighted by atomic mass is 10.0. The van der Waals surface area contributed by atoms with E-state index in [1.54, 1.807) is 0 Å². The third-order valence-electron chi connectivity index (χ3n) is 5.08. The van der Waals surface area contributed by atoms with Gasteiger partial charge in [0, 0.05) is 13.1 Å². The second-order valence-corrected chi connectivity index (χ2v) is 6.92. The molecule has 1 saturated heterocycles. The van der Waals surface area contributed by atoms with Gasteiger partial charge in [-0.3, -0.25) is 9.59 Å². The maximum absolute atomic E-state index is 13.4. The first-order valence-electron chi connectivity index (χ1n) is 9.16. The molecule has 0 aliphatic carbocycles. The second-order valence-electron chi connectivity index (χ2n) is 6.92. The lowest BCUT2D eigenvalue weighted by Gasteiger charge is -2.29. The van der Waals surface area contributed by atoms with Crippen LogP contribution in [0.15, 0.2) is 54.2 Å². The predicted octanol–water partition coefficient (Wildman–Crippen LogP) is 2.92. The highest BCUT2D eigenvalue weighted by Gasteiger charge is 2.43. The molecule has 2 aliphatic rings. The van der Waals surface area contributed by atoms with E-state index in [0.717, 1.165) is 16.7 Å². The van der Waals surface area contributed by atoms with Crippen LogP contribution in [0.5, 0.6) is 0 Å². The lowest BCUT2D eigenvalue weighted by molar-refractivity contribution is -0.121. The summed E-state index contributed by atoms with van der Waals surface area (Å²) in [7, 11) is 0. The number of amides is 2. The van der Waals surface area contributed by atoms with E-state index < -0.39 is 0 Å². The van der Waals surface area contributed by atoms with E-state index in [1.165, 1.54) is 4.90 Å². The van der Waals surface area contributed by atoms with E-state index in [1.807, 2.05) is 67.3 Å². The van der Waals surface area contributed by atoms with Gasteiger partial charge in [0.1, 0.15) is 5.70 Å². The normalized spacial score (nSPS) is 17.9. The van der Waals surface area contributed by atoms with E-state index in [2.05, 4.69) is 0 Å². The number of nitrogens with zero attached hydrogens (tertiary/aromatic N) is 2. The zero-order chi connectivity index (χ0) is 19.0. The van der Waals surface area contributed by atoms with Gasteiger partial charge < -0.3 is 9.64 Å². The standard InChI is InChI=1S/C22H22N2O3/c1-15-7-9-17(10-8-15)19-20(23-11-13-27-14-12-23)22(26)24(21(19)25)18-6-4-3-5-16(18)2/h3-10H,11-14H2,1-2H3. The van der Waals surface area contributed by atoms with Crippen molar-refractivity contribution in [3.05, 3.63) is 70.9 Å². The first kappa shape index (κ1) is 17.5. The molecule has 0 radical (unpaired) electrons. The van der Waals surface area contributed by atoms with Gasteiger partial charge >= 0.3 is 0 Å². The van der Waals surface area contributed by atoms with Crippen molar-refractivity contribution < 1.29 is 14.3 Å². The van der Waals surface area contributed by atoms with Crippen molar-refractivity contribution in [2.24, 2.45) is 0 Å². The van der Waals surface area contributed by atoms with Crippen molar-refractivity contribution in [1.29, 1.82) is 0 Å². The number of rotatable bonds is 3. The number of anilines is 1. The number of hydrogen-bond donors (Lipinski definition) is 0. The summed E-state index contributed by atoms with van der Waals surface area (Å²) in [5.41, 5.74) is 4.38. The fourth-order valence-electron chi connectivity index (χ4n) is 3.61. The molecule has 0 atom stereocenters. The molecule has 0 unspecified atom stereocenters. The van der Waals surface area contributed by atoms with Crippen LogP contribution in [0, 0.1) is 13.8 Å². The molecule has 0 N–H and O–H groups in total. The van der Waals surface area contributed by atoms with Crippen LogP contribution in [0.25, 0.3) is 5.57 Å². The number of carbonyl (C=O) groups is 2. The molecule has 2 heterocycles. The molecular formula is C22H22N2O3. The summed E-state index contributed by atoms with van der Waals surface area (Å²) in [5.74, 6) is -0.522. The van der Waals surface area contributed by atoms with E-state index in [0.29, 0.717) is 43.3 Å². The zero-order valence-corrected chi connectivity index (χ0v) is 15.6. The van der Waals surface area contributed by atoms with Crippen molar-refractivity contribution in [2.45, 2.75) is 13.8 Å².